The summed E-state index contributed by atoms with van der Waals surface area (Å²) >= 11 is 0. The largest absolute Gasteiger partial charge is 0.459 e. The van der Waals surface area contributed by atoms with E-state index in [0.29, 0.717) is 19.4 Å². The number of hydrogen-bond donors (Lipinski definition) is 0. The van der Waals surface area contributed by atoms with E-state index in [-0.39, 0.29) is 23.6 Å². The fourth-order valence-electron chi connectivity index (χ4n) is 2.47. The van der Waals surface area contributed by atoms with Crippen LogP contribution in [-0.4, -0.2) is 41.9 Å². The van der Waals surface area contributed by atoms with E-state index in [2.05, 4.69) is 9.97 Å². The second kappa shape index (κ2) is 6.59. The number of sulfonamides is 1. The summed E-state index contributed by atoms with van der Waals surface area (Å²) in [6.45, 7) is 0.666. The van der Waals surface area contributed by atoms with Crippen LogP contribution in [0.5, 0.6) is 6.01 Å². The third-order valence-corrected chi connectivity index (χ3v) is 5.47. The Morgan fingerprint density at radius 3 is 2.57 bits per heavy atom. The van der Waals surface area contributed by atoms with Crippen LogP contribution in [-0.2, 0) is 10.0 Å². The lowest BCUT2D eigenvalue weighted by molar-refractivity contribution is 0.119. The maximum Gasteiger partial charge on any atom is 0.316 e. The van der Waals surface area contributed by atoms with Crippen molar-refractivity contribution in [1.29, 1.82) is 0 Å². The molecule has 6 nitrogen and oxygen atoms in total. The van der Waals surface area contributed by atoms with Crippen molar-refractivity contribution in [1.82, 2.24) is 14.3 Å². The Morgan fingerprint density at radius 2 is 1.87 bits per heavy atom. The van der Waals surface area contributed by atoms with E-state index in [9.17, 15) is 12.8 Å². The number of hydrogen-bond acceptors (Lipinski definition) is 5. The van der Waals surface area contributed by atoms with Crippen molar-refractivity contribution < 1.29 is 17.5 Å². The van der Waals surface area contributed by atoms with Gasteiger partial charge in [-0.3, -0.25) is 0 Å². The summed E-state index contributed by atoms with van der Waals surface area (Å²) in [5.74, 6) is -0.547. The van der Waals surface area contributed by atoms with Gasteiger partial charge in [0, 0.05) is 6.54 Å². The molecule has 8 heteroatoms. The fourth-order valence-corrected chi connectivity index (χ4v) is 4.00. The SMILES string of the molecule is O=S(=O)(c1ccccc1)N1CCC[C@H](Oc2ncc(F)cn2)C1. The molecule has 122 valence electrons. The van der Waals surface area contributed by atoms with Crippen LogP contribution in [0.3, 0.4) is 0 Å². The zero-order valence-electron chi connectivity index (χ0n) is 12.3. The van der Waals surface area contributed by atoms with Crippen LogP contribution in [0.25, 0.3) is 0 Å². The predicted octanol–water partition coefficient (Wildman–Crippen LogP) is 1.85. The molecule has 1 aromatic heterocycles. The van der Waals surface area contributed by atoms with Gasteiger partial charge in [0.25, 0.3) is 0 Å². The number of piperidine rings is 1. The molecule has 1 fully saturated rings. The second-order valence-corrected chi connectivity index (χ2v) is 7.18. The third-order valence-electron chi connectivity index (χ3n) is 3.59. The standard InChI is InChI=1S/C15H16FN3O3S/c16-12-9-17-15(18-10-12)22-13-5-4-8-19(11-13)23(20,21)14-6-2-1-3-7-14/h1-3,6-7,9-10,13H,4-5,8,11H2/t13-/m0/s1. The summed E-state index contributed by atoms with van der Waals surface area (Å²) in [6.07, 6.45) is 3.06. The molecule has 0 saturated carbocycles. The van der Waals surface area contributed by atoms with Crippen LogP contribution in [0.15, 0.2) is 47.6 Å². The van der Waals surface area contributed by atoms with Crippen LogP contribution in [0.2, 0.25) is 0 Å². The van der Waals surface area contributed by atoms with E-state index in [1.54, 1.807) is 30.3 Å². The summed E-state index contributed by atoms with van der Waals surface area (Å²) in [6, 6.07) is 8.35. The normalized spacial score (nSPS) is 19.4. The summed E-state index contributed by atoms with van der Waals surface area (Å²) < 4.78 is 45.0. The molecule has 2 heterocycles. The zero-order valence-corrected chi connectivity index (χ0v) is 13.1. The highest BCUT2D eigenvalue weighted by Gasteiger charge is 2.31. The van der Waals surface area contributed by atoms with Gasteiger partial charge in [0.05, 0.1) is 23.8 Å². The number of rotatable bonds is 4. The number of ether oxygens (including phenoxy) is 1. The summed E-state index contributed by atoms with van der Waals surface area (Å²) in [5, 5.41) is 0. The Labute approximate surface area is 134 Å². The lowest BCUT2D eigenvalue weighted by Gasteiger charge is -2.31. The van der Waals surface area contributed by atoms with Crippen molar-refractivity contribution in [2.45, 2.75) is 23.8 Å². The smallest absolute Gasteiger partial charge is 0.316 e. The Balaban J connectivity index is 1.72. The van der Waals surface area contributed by atoms with Crippen LogP contribution in [0.4, 0.5) is 4.39 Å². The van der Waals surface area contributed by atoms with E-state index >= 15 is 0 Å². The lowest BCUT2D eigenvalue weighted by Crippen LogP contribution is -2.44. The van der Waals surface area contributed by atoms with Gasteiger partial charge in [0.2, 0.25) is 10.0 Å². The molecule has 0 N–H and O–H groups in total. The highest BCUT2D eigenvalue weighted by molar-refractivity contribution is 7.89. The molecule has 0 amide bonds. The Morgan fingerprint density at radius 1 is 1.17 bits per heavy atom. The molecule has 23 heavy (non-hydrogen) atoms. The Kier molecular flexibility index (Phi) is 4.53. The maximum absolute atomic E-state index is 12.8. The lowest BCUT2D eigenvalue weighted by atomic mass is 10.1. The van der Waals surface area contributed by atoms with Gasteiger partial charge >= 0.3 is 6.01 Å². The number of nitrogens with zero attached hydrogens (tertiary/aromatic N) is 3. The van der Waals surface area contributed by atoms with Gasteiger partial charge in [0.1, 0.15) is 6.10 Å². The summed E-state index contributed by atoms with van der Waals surface area (Å²) in [7, 11) is -3.54. The minimum atomic E-state index is -3.54. The fraction of sp³-hybridized carbons (Fsp3) is 0.333. The van der Waals surface area contributed by atoms with Crippen LogP contribution in [0.1, 0.15) is 12.8 Å². The van der Waals surface area contributed by atoms with Gasteiger partial charge in [-0.2, -0.15) is 4.31 Å². The minimum Gasteiger partial charge on any atom is -0.459 e. The van der Waals surface area contributed by atoms with Gasteiger partial charge in [0.15, 0.2) is 5.82 Å². The molecule has 0 radical (unpaired) electrons. The summed E-state index contributed by atoms with van der Waals surface area (Å²) in [5.41, 5.74) is 0. The first-order valence-corrected chi connectivity index (χ1v) is 8.69. The van der Waals surface area contributed by atoms with Crippen molar-refractivity contribution in [3.63, 3.8) is 0 Å². The summed E-state index contributed by atoms with van der Waals surface area (Å²) in [4.78, 5) is 7.75. The van der Waals surface area contributed by atoms with Crippen molar-refractivity contribution >= 4 is 10.0 Å². The number of aromatic nitrogens is 2. The first-order valence-electron chi connectivity index (χ1n) is 7.25. The predicted molar refractivity (Wildman–Crippen MR) is 80.8 cm³/mol. The first-order chi connectivity index (χ1) is 11.1. The minimum absolute atomic E-state index is 0.0513. The molecule has 0 unspecified atom stereocenters. The van der Waals surface area contributed by atoms with Crippen molar-refractivity contribution in [2.24, 2.45) is 0 Å². The Bertz CT molecular complexity index is 753. The van der Waals surface area contributed by atoms with E-state index in [4.69, 9.17) is 4.74 Å². The molecule has 1 aromatic carbocycles. The monoisotopic (exact) mass is 337 g/mol. The molecule has 1 saturated heterocycles. The molecular weight excluding hydrogens is 321 g/mol. The number of halogens is 1. The highest BCUT2D eigenvalue weighted by atomic mass is 32.2. The van der Waals surface area contributed by atoms with Gasteiger partial charge in [-0.05, 0) is 25.0 Å². The van der Waals surface area contributed by atoms with Crippen LogP contribution >= 0.6 is 0 Å². The average Bonchev–Trinajstić information content (AvgIpc) is 2.58. The van der Waals surface area contributed by atoms with Crippen molar-refractivity contribution in [3.05, 3.63) is 48.5 Å². The van der Waals surface area contributed by atoms with Crippen LogP contribution in [0, 0.1) is 5.82 Å². The highest BCUT2D eigenvalue weighted by Crippen LogP contribution is 2.22. The first kappa shape index (κ1) is 15.8. The zero-order chi connectivity index (χ0) is 16.3. The average molecular weight is 337 g/mol. The maximum atomic E-state index is 12.8. The quantitative estimate of drug-likeness (QED) is 0.851. The third kappa shape index (κ3) is 3.65. The molecular formula is C15H16FN3O3S. The van der Waals surface area contributed by atoms with Crippen molar-refractivity contribution in [3.8, 4) is 6.01 Å². The molecule has 0 spiro atoms. The molecule has 2 aromatic rings. The van der Waals surface area contributed by atoms with Gasteiger partial charge < -0.3 is 4.74 Å². The van der Waals surface area contributed by atoms with Gasteiger partial charge in [-0.25, -0.2) is 22.8 Å². The van der Waals surface area contributed by atoms with Crippen LogP contribution < -0.4 is 4.74 Å². The molecule has 1 aliphatic heterocycles. The van der Waals surface area contributed by atoms with E-state index in [1.165, 1.54) is 4.31 Å². The number of benzene rings is 1. The van der Waals surface area contributed by atoms with E-state index in [0.717, 1.165) is 12.4 Å². The van der Waals surface area contributed by atoms with Crippen molar-refractivity contribution in [2.75, 3.05) is 13.1 Å². The van der Waals surface area contributed by atoms with E-state index < -0.39 is 15.8 Å². The van der Waals surface area contributed by atoms with Gasteiger partial charge in [-0.1, -0.05) is 18.2 Å². The second-order valence-electron chi connectivity index (χ2n) is 5.24. The molecule has 1 atom stereocenters. The molecule has 3 rings (SSSR count). The Hall–Kier alpha value is -2.06. The molecule has 0 bridgehead atoms. The van der Waals surface area contributed by atoms with Gasteiger partial charge in [-0.15, -0.1) is 0 Å². The molecule has 1 aliphatic rings. The van der Waals surface area contributed by atoms with E-state index in [1.807, 2.05) is 0 Å². The topological polar surface area (TPSA) is 72.4 Å². The molecule has 0 aliphatic carbocycles.